The average molecular weight is 412 g/mol. The van der Waals surface area contributed by atoms with Crippen LogP contribution in [0.25, 0.3) is 0 Å². The van der Waals surface area contributed by atoms with Gasteiger partial charge in [0, 0.05) is 12.6 Å². The molecule has 0 heterocycles. The first-order chi connectivity index (χ1) is 14.2. The Kier molecular flexibility index (Phi) is 13.0. The predicted octanol–water partition coefficient (Wildman–Crippen LogP) is 8.81. The van der Waals surface area contributed by atoms with Crippen LogP contribution in [0.15, 0.2) is 58.2 Å². The summed E-state index contributed by atoms with van der Waals surface area (Å²) in [6.07, 6.45) is 21.8. The van der Waals surface area contributed by atoms with Crippen molar-refractivity contribution in [2.24, 2.45) is 5.92 Å². The predicted molar refractivity (Wildman–Crippen MR) is 137 cm³/mol. The molecule has 0 saturated heterocycles. The van der Waals surface area contributed by atoms with Gasteiger partial charge in [-0.2, -0.15) is 0 Å². The molecule has 1 aliphatic carbocycles. The summed E-state index contributed by atoms with van der Waals surface area (Å²) in [7, 11) is 2.30. The second-order valence-electron chi connectivity index (χ2n) is 10.0. The summed E-state index contributed by atoms with van der Waals surface area (Å²) >= 11 is 0. The zero-order chi connectivity index (χ0) is 22.5. The number of allylic oxidation sites excluding steroid dienone is 8. The maximum absolute atomic E-state index is 2.57. The lowest BCUT2D eigenvalue weighted by molar-refractivity contribution is 0.322. The van der Waals surface area contributed by atoms with Crippen LogP contribution in [0.4, 0.5) is 0 Å². The first kappa shape index (κ1) is 26.7. The van der Waals surface area contributed by atoms with Crippen LogP contribution in [0.1, 0.15) is 99.8 Å². The molecular weight excluding hydrogens is 362 g/mol. The Morgan fingerprint density at radius 3 is 1.67 bits per heavy atom. The highest BCUT2D eigenvalue weighted by atomic mass is 15.2. The zero-order valence-corrected chi connectivity index (χ0v) is 21.4. The molecule has 1 rings (SSSR count). The lowest BCUT2D eigenvalue weighted by Crippen LogP contribution is -2.23. The maximum Gasteiger partial charge on any atom is 0.0162 e. The molecule has 0 aromatic rings. The molecule has 170 valence electrons. The van der Waals surface area contributed by atoms with Crippen molar-refractivity contribution in [2.45, 2.75) is 106 Å². The van der Waals surface area contributed by atoms with E-state index in [4.69, 9.17) is 0 Å². The van der Waals surface area contributed by atoms with Gasteiger partial charge in [0.25, 0.3) is 0 Å². The third-order valence-corrected chi connectivity index (χ3v) is 6.06. The van der Waals surface area contributed by atoms with Gasteiger partial charge in [-0.15, -0.1) is 0 Å². The van der Waals surface area contributed by atoms with Gasteiger partial charge >= 0.3 is 0 Å². The Hall–Kier alpha value is -1.34. The molecule has 1 nitrogen and oxygen atoms in total. The molecule has 30 heavy (non-hydrogen) atoms. The maximum atomic E-state index is 2.57. The minimum absolute atomic E-state index is 0.765. The minimum Gasteiger partial charge on any atom is -0.303 e. The van der Waals surface area contributed by atoms with Crippen molar-refractivity contribution < 1.29 is 0 Å². The molecule has 2 unspecified atom stereocenters. The van der Waals surface area contributed by atoms with E-state index in [0.29, 0.717) is 0 Å². The largest absolute Gasteiger partial charge is 0.303 e. The van der Waals surface area contributed by atoms with Crippen LogP contribution in [-0.2, 0) is 0 Å². The molecule has 1 saturated carbocycles. The molecular formula is C29H49N. The van der Waals surface area contributed by atoms with Crippen molar-refractivity contribution in [1.82, 2.24) is 4.90 Å². The Labute approximate surface area is 188 Å². The molecule has 0 aliphatic heterocycles. The molecule has 1 fully saturated rings. The first-order valence-electron chi connectivity index (χ1n) is 12.1. The second kappa shape index (κ2) is 14.6. The van der Waals surface area contributed by atoms with Gasteiger partial charge in [-0.1, -0.05) is 58.2 Å². The van der Waals surface area contributed by atoms with E-state index in [1.165, 1.54) is 80.2 Å². The quantitative estimate of drug-likeness (QED) is 0.258. The van der Waals surface area contributed by atoms with Crippen LogP contribution >= 0.6 is 0 Å². The minimum atomic E-state index is 0.765. The van der Waals surface area contributed by atoms with Crippen molar-refractivity contribution in [3.05, 3.63) is 58.2 Å². The van der Waals surface area contributed by atoms with E-state index in [1.807, 2.05) is 0 Å². The topological polar surface area (TPSA) is 3.24 Å². The van der Waals surface area contributed by atoms with Crippen molar-refractivity contribution >= 4 is 0 Å². The molecule has 0 aromatic heterocycles. The fourth-order valence-corrected chi connectivity index (χ4v) is 3.94. The molecule has 1 aliphatic rings. The smallest absolute Gasteiger partial charge is 0.0162 e. The Morgan fingerprint density at radius 1 is 0.667 bits per heavy atom. The SMILES string of the molecule is CC(C)=CCC/C(C)=C/CC/C(C)=C/C1CC1N(C)CC/C=C(\C)CCC=C(C)C. The third-order valence-electron chi connectivity index (χ3n) is 6.06. The molecule has 1 heteroatoms. The van der Waals surface area contributed by atoms with E-state index >= 15 is 0 Å². The van der Waals surface area contributed by atoms with Crippen LogP contribution < -0.4 is 0 Å². The van der Waals surface area contributed by atoms with E-state index in [-0.39, 0.29) is 0 Å². The number of rotatable bonds is 14. The molecule has 0 bridgehead atoms. The Morgan fingerprint density at radius 2 is 1.13 bits per heavy atom. The van der Waals surface area contributed by atoms with E-state index < -0.39 is 0 Å². The fourth-order valence-electron chi connectivity index (χ4n) is 3.94. The monoisotopic (exact) mass is 411 g/mol. The standard InChI is InChI=1S/C29H49N/c1-23(2)13-9-15-25(5)17-11-18-27(7)21-28-22-29(28)30(8)20-12-19-26(6)16-10-14-24(3)4/h13-14,17,19,21,28-29H,9-12,15-16,18,20,22H2,1-8H3/b25-17+,26-19+,27-21+. The van der Waals surface area contributed by atoms with Crippen molar-refractivity contribution in [2.75, 3.05) is 13.6 Å². The number of hydrogen-bond donors (Lipinski definition) is 0. The zero-order valence-electron chi connectivity index (χ0n) is 21.4. The van der Waals surface area contributed by atoms with Crippen LogP contribution in [0.2, 0.25) is 0 Å². The van der Waals surface area contributed by atoms with Gasteiger partial charge in [-0.25, -0.2) is 0 Å². The summed E-state index contributed by atoms with van der Waals surface area (Å²) in [5, 5.41) is 0. The molecule has 0 amide bonds. The van der Waals surface area contributed by atoms with Gasteiger partial charge in [0.2, 0.25) is 0 Å². The lowest BCUT2D eigenvalue weighted by atomic mass is 10.1. The molecule has 0 aromatic carbocycles. The van der Waals surface area contributed by atoms with Crippen molar-refractivity contribution in [3.8, 4) is 0 Å². The summed E-state index contributed by atoms with van der Waals surface area (Å²) < 4.78 is 0. The van der Waals surface area contributed by atoms with Gasteiger partial charge in [-0.05, 0) is 113 Å². The van der Waals surface area contributed by atoms with Crippen LogP contribution in [0.5, 0.6) is 0 Å². The highest BCUT2D eigenvalue weighted by molar-refractivity contribution is 5.13. The van der Waals surface area contributed by atoms with Gasteiger partial charge in [0.05, 0.1) is 0 Å². The summed E-state index contributed by atoms with van der Waals surface area (Å²) in [4.78, 5) is 2.57. The Bertz CT molecular complexity index is 648. The van der Waals surface area contributed by atoms with Gasteiger partial charge in [0.1, 0.15) is 0 Å². The van der Waals surface area contributed by atoms with E-state index in [0.717, 1.165) is 12.0 Å². The second-order valence-corrected chi connectivity index (χ2v) is 10.0. The lowest BCUT2D eigenvalue weighted by Gasteiger charge is -2.15. The van der Waals surface area contributed by atoms with E-state index in [1.54, 1.807) is 5.57 Å². The highest BCUT2D eigenvalue weighted by Gasteiger charge is 2.37. The van der Waals surface area contributed by atoms with Crippen LogP contribution in [0, 0.1) is 5.92 Å². The van der Waals surface area contributed by atoms with Gasteiger partial charge in [-0.3, -0.25) is 0 Å². The normalized spacial score (nSPS) is 19.8. The first-order valence-corrected chi connectivity index (χ1v) is 12.1. The molecule has 0 radical (unpaired) electrons. The molecule has 2 atom stereocenters. The summed E-state index contributed by atoms with van der Waals surface area (Å²) in [6.45, 7) is 16.8. The van der Waals surface area contributed by atoms with Crippen LogP contribution in [0.3, 0.4) is 0 Å². The summed E-state index contributed by atoms with van der Waals surface area (Å²) in [5.74, 6) is 0.778. The van der Waals surface area contributed by atoms with Crippen molar-refractivity contribution in [3.63, 3.8) is 0 Å². The molecule has 0 N–H and O–H groups in total. The third kappa shape index (κ3) is 13.1. The molecule has 0 spiro atoms. The number of hydrogen-bond acceptors (Lipinski definition) is 1. The van der Waals surface area contributed by atoms with Crippen molar-refractivity contribution in [1.29, 1.82) is 0 Å². The average Bonchev–Trinajstić information content (AvgIpc) is 3.40. The Balaban J connectivity index is 2.26. The fraction of sp³-hybridized carbons (Fsp3) is 0.655. The van der Waals surface area contributed by atoms with Gasteiger partial charge < -0.3 is 4.90 Å². The summed E-state index contributed by atoms with van der Waals surface area (Å²) in [6, 6.07) is 0.765. The highest BCUT2D eigenvalue weighted by Crippen LogP contribution is 2.37. The summed E-state index contributed by atoms with van der Waals surface area (Å²) in [5.41, 5.74) is 7.49. The van der Waals surface area contributed by atoms with Crippen LogP contribution in [-0.4, -0.2) is 24.5 Å². The van der Waals surface area contributed by atoms with E-state index in [9.17, 15) is 0 Å². The van der Waals surface area contributed by atoms with Gasteiger partial charge in [0.15, 0.2) is 0 Å². The number of nitrogens with zero attached hydrogens (tertiary/aromatic N) is 1. The van der Waals surface area contributed by atoms with E-state index in [2.05, 4.69) is 90.8 Å².